The Labute approximate surface area is 97.9 Å². The minimum atomic E-state index is -0.366. The van der Waals surface area contributed by atoms with Gasteiger partial charge < -0.3 is 15.8 Å². The molecule has 0 spiro atoms. The SMILES string of the molecule is CNC(COC1CCC(C)(C)CC1)C(N)=O. The fourth-order valence-electron chi connectivity index (χ4n) is 2.08. The average molecular weight is 228 g/mol. The van der Waals surface area contributed by atoms with Crippen LogP contribution in [0.25, 0.3) is 0 Å². The number of primary amides is 1. The van der Waals surface area contributed by atoms with E-state index in [9.17, 15) is 4.79 Å². The lowest BCUT2D eigenvalue weighted by Crippen LogP contribution is -2.44. The zero-order chi connectivity index (χ0) is 12.2. The molecule has 16 heavy (non-hydrogen) atoms. The van der Waals surface area contributed by atoms with Crippen LogP contribution in [0.15, 0.2) is 0 Å². The second-order valence-corrected chi connectivity index (χ2v) is 5.44. The molecule has 1 atom stereocenters. The third-order valence-electron chi connectivity index (χ3n) is 3.48. The van der Waals surface area contributed by atoms with Crippen molar-refractivity contribution < 1.29 is 9.53 Å². The van der Waals surface area contributed by atoms with Crippen LogP contribution < -0.4 is 11.1 Å². The molecule has 0 bridgehead atoms. The maximum Gasteiger partial charge on any atom is 0.236 e. The molecule has 1 rings (SSSR count). The zero-order valence-corrected chi connectivity index (χ0v) is 10.6. The Bertz CT molecular complexity index is 231. The summed E-state index contributed by atoms with van der Waals surface area (Å²) in [6.45, 7) is 4.98. The molecule has 1 saturated carbocycles. The van der Waals surface area contributed by atoms with Crippen LogP contribution in [0.4, 0.5) is 0 Å². The Kier molecular flexibility index (Phi) is 4.74. The fraction of sp³-hybridized carbons (Fsp3) is 0.917. The number of amides is 1. The fourth-order valence-corrected chi connectivity index (χ4v) is 2.08. The first-order valence-corrected chi connectivity index (χ1v) is 6.03. The summed E-state index contributed by atoms with van der Waals surface area (Å²) in [5.74, 6) is -0.348. The van der Waals surface area contributed by atoms with Crippen molar-refractivity contribution in [2.24, 2.45) is 11.1 Å². The van der Waals surface area contributed by atoms with Gasteiger partial charge >= 0.3 is 0 Å². The number of hydrogen-bond donors (Lipinski definition) is 2. The quantitative estimate of drug-likeness (QED) is 0.739. The first-order valence-electron chi connectivity index (χ1n) is 6.03. The van der Waals surface area contributed by atoms with Gasteiger partial charge in [-0.3, -0.25) is 4.79 Å². The number of likely N-dealkylation sites (N-methyl/N-ethyl adjacent to an activating group) is 1. The molecule has 94 valence electrons. The van der Waals surface area contributed by atoms with E-state index in [1.54, 1.807) is 7.05 Å². The van der Waals surface area contributed by atoms with E-state index in [1.807, 2.05) is 0 Å². The van der Waals surface area contributed by atoms with Crippen molar-refractivity contribution >= 4 is 5.91 Å². The van der Waals surface area contributed by atoms with Crippen LogP contribution in [0.5, 0.6) is 0 Å². The first-order chi connectivity index (χ1) is 7.44. The van der Waals surface area contributed by atoms with Crippen molar-refractivity contribution in [2.45, 2.75) is 51.7 Å². The largest absolute Gasteiger partial charge is 0.376 e. The molecule has 1 aliphatic rings. The number of hydrogen-bond acceptors (Lipinski definition) is 3. The third kappa shape index (κ3) is 4.10. The van der Waals surface area contributed by atoms with E-state index in [2.05, 4.69) is 19.2 Å². The highest BCUT2D eigenvalue weighted by Crippen LogP contribution is 2.36. The summed E-state index contributed by atoms with van der Waals surface area (Å²) in [6, 6.07) is -0.366. The number of nitrogens with two attached hydrogens (primary N) is 1. The van der Waals surface area contributed by atoms with Crippen LogP contribution in [0.1, 0.15) is 39.5 Å². The highest BCUT2D eigenvalue weighted by molar-refractivity contribution is 5.79. The summed E-state index contributed by atoms with van der Waals surface area (Å²) in [5.41, 5.74) is 5.67. The normalized spacial score (nSPS) is 22.9. The van der Waals surface area contributed by atoms with Crippen molar-refractivity contribution in [1.29, 1.82) is 0 Å². The van der Waals surface area contributed by atoms with Gasteiger partial charge in [0.05, 0.1) is 12.7 Å². The number of nitrogens with one attached hydrogen (secondary N) is 1. The Hall–Kier alpha value is -0.610. The van der Waals surface area contributed by atoms with Gasteiger partial charge in [0.2, 0.25) is 5.91 Å². The Morgan fingerprint density at radius 1 is 1.50 bits per heavy atom. The molecule has 0 saturated heterocycles. The predicted molar refractivity (Wildman–Crippen MR) is 64.0 cm³/mol. The molecule has 0 aromatic heterocycles. The molecule has 0 heterocycles. The summed E-state index contributed by atoms with van der Waals surface area (Å²) in [5, 5.41) is 2.86. The number of rotatable bonds is 5. The molecular formula is C12H24N2O2. The van der Waals surface area contributed by atoms with E-state index in [-0.39, 0.29) is 11.9 Å². The molecule has 1 aliphatic carbocycles. The van der Waals surface area contributed by atoms with Crippen LogP contribution in [-0.4, -0.2) is 31.7 Å². The van der Waals surface area contributed by atoms with Crippen molar-refractivity contribution in [2.75, 3.05) is 13.7 Å². The minimum Gasteiger partial charge on any atom is -0.376 e. The van der Waals surface area contributed by atoms with Gasteiger partial charge in [0.1, 0.15) is 6.04 Å². The Morgan fingerprint density at radius 2 is 2.06 bits per heavy atom. The van der Waals surface area contributed by atoms with Crippen molar-refractivity contribution in [3.8, 4) is 0 Å². The second-order valence-electron chi connectivity index (χ2n) is 5.44. The van der Waals surface area contributed by atoms with Gasteiger partial charge in [-0.15, -0.1) is 0 Å². The number of ether oxygens (including phenoxy) is 1. The molecule has 4 heteroatoms. The molecule has 0 aromatic carbocycles. The molecule has 1 unspecified atom stereocenters. The molecule has 1 amide bonds. The molecular weight excluding hydrogens is 204 g/mol. The topological polar surface area (TPSA) is 64.3 Å². The maximum absolute atomic E-state index is 11.0. The number of carbonyl (C=O) groups excluding carboxylic acids is 1. The van der Waals surface area contributed by atoms with Gasteiger partial charge in [-0.05, 0) is 38.1 Å². The van der Waals surface area contributed by atoms with Gasteiger partial charge in [-0.25, -0.2) is 0 Å². The van der Waals surface area contributed by atoms with Gasteiger partial charge in [0.15, 0.2) is 0 Å². The van der Waals surface area contributed by atoms with Crippen molar-refractivity contribution in [3.63, 3.8) is 0 Å². The second kappa shape index (κ2) is 5.64. The lowest BCUT2D eigenvalue weighted by Gasteiger charge is -2.34. The van der Waals surface area contributed by atoms with Crippen LogP contribution in [-0.2, 0) is 9.53 Å². The molecule has 0 aliphatic heterocycles. The van der Waals surface area contributed by atoms with Crippen LogP contribution in [0, 0.1) is 5.41 Å². The zero-order valence-electron chi connectivity index (χ0n) is 10.6. The molecule has 0 aromatic rings. The lowest BCUT2D eigenvalue weighted by molar-refractivity contribution is -0.122. The first kappa shape index (κ1) is 13.5. The predicted octanol–water partition coefficient (Wildman–Crippen LogP) is 1.05. The van der Waals surface area contributed by atoms with E-state index in [0.717, 1.165) is 12.8 Å². The summed E-state index contributed by atoms with van der Waals surface area (Å²) >= 11 is 0. The summed E-state index contributed by atoms with van der Waals surface area (Å²) in [7, 11) is 1.72. The smallest absolute Gasteiger partial charge is 0.236 e. The van der Waals surface area contributed by atoms with Crippen molar-refractivity contribution in [3.05, 3.63) is 0 Å². The molecule has 4 nitrogen and oxygen atoms in total. The van der Waals surface area contributed by atoms with E-state index < -0.39 is 0 Å². The number of carbonyl (C=O) groups is 1. The molecule has 0 radical (unpaired) electrons. The van der Waals surface area contributed by atoms with Crippen LogP contribution in [0.3, 0.4) is 0 Å². The standard InChI is InChI=1S/C12H24N2O2/c1-12(2)6-4-9(5-7-12)16-8-10(14-3)11(13)15/h9-10,14H,4-8H2,1-3H3,(H2,13,15). The van der Waals surface area contributed by atoms with Crippen LogP contribution >= 0.6 is 0 Å². The van der Waals surface area contributed by atoms with E-state index in [0.29, 0.717) is 18.1 Å². The lowest BCUT2D eigenvalue weighted by atomic mass is 9.76. The molecule has 1 fully saturated rings. The van der Waals surface area contributed by atoms with Gasteiger partial charge in [0.25, 0.3) is 0 Å². The van der Waals surface area contributed by atoms with E-state index in [4.69, 9.17) is 10.5 Å². The Morgan fingerprint density at radius 3 is 2.50 bits per heavy atom. The monoisotopic (exact) mass is 228 g/mol. The van der Waals surface area contributed by atoms with Gasteiger partial charge in [-0.1, -0.05) is 13.8 Å². The van der Waals surface area contributed by atoms with Gasteiger partial charge in [0, 0.05) is 0 Å². The summed E-state index contributed by atoms with van der Waals surface area (Å²) in [4.78, 5) is 11.0. The highest BCUT2D eigenvalue weighted by Gasteiger charge is 2.27. The Balaban J connectivity index is 2.26. The van der Waals surface area contributed by atoms with E-state index >= 15 is 0 Å². The maximum atomic E-state index is 11.0. The third-order valence-corrected chi connectivity index (χ3v) is 3.48. The van der Waals surface area contributed by atoms with E-state index in [1.165, 1.54) is 12.8 Å². The summed E-state index contributed by atoms with van der Waals surface area (Å²) < 4.78 is 5.73. The summed E-state index contributed by atoms with van der Waals surface area (Å²) in [6.07, 6.45) is 4.85. The van der Waals surface area contributed by atoms with Crippen molar-refractivity contribution in [1.82, 2.24) is 5.32 Å². The van der Waals surface area contributed by atoms with Gasteiger partial charge in [-0.2, -0.15) is 0 Å². The van der Waals surface area contributed by atoms with Crippen LogP contribution in [0.2, 0.25) is 0 Å². The minimum absolute atomic E-state index is 0.295. The highest BCUT2D eigenvalue weighted by atomic mass is 16.5. The average Bonchev–Trinajstić information content (AvgIpc) is 2.20. The molecule has 3 N–H and O–H groups in total.